The molecule has 1 N–H and O–H groups in total. The molecule has 14 heavy (non-hydrogen) atoms. The number of carbonyl (C=O) groups is 1. The van der Waals surface area contributed by atoms with Crippen molar-refractivity contribution in [2.24, 2.45) is 5.92 Å². The van der Waals surface area contributed by atoms with Gasteiger partial charge in [-0.05, 0) is 12.8 Å². The van der Waals surface area contributed by atoms with E-state index in [0.29, 0.717) is 17.6 Å². The van der Waals surface area contributed by atoms with Crippen LogP contribution < -0.4 is 0 Å². The lowest BCUT2D eigenvalue weighted by atomic mass is 9.98. The molecule has 78 valence electrons. The Morgan fingerprint density at radius 1 is 1.43 bits per heavy atom. The Bertz CT molecular complexity index is 341. The molecular weight excluding hydrogens is 182 g/mol. The molecular formula is C10H15NO3. The fourth-order valence-electron chi connectivity index (χ4n) is 1.10. The van der Waals surface area contributed by atoms with E-state index in [2.05, 4.69) is 4.98 Å². The largest absolute Gasteiger partial charge is 0.476 e. The van der Waals surface area contributed by atoms with Crippen LogP contribution in [-0.4, -0.2) is 16.1 Å². The van der Waals surface area contributed by atoms with Crippen LogP contribution in [0.15, 0.2) is 4.42 Å². The Hall–Kier alpha value is -1.32. The molecule has 0 aromatic carbocycles. The first-order valence-electron chi connectivity index (χ1n) is 4.64. The van der Waals surface area contributed by atoms with E-state index in [-0.39, 0.29) is 11.6 Å². The monoisotopic (exact) mass is 197 g/mol. The zero-order chi connectivity index (χ0) is 10.9. The SMILES string of the molecule is Cc1oc(C(C)C(C)C)nc1C(=O)O. The first-order chi connectivity index (χ1) is 6.43. The van der Waals surface area contributed by atoms with Gasteiger partial charge in [-0.3, -0.25) is 0 Å². The van der Waals surface area contributed by atoms with Gasteiger partial charge in [-0.25, -0.2) is 9.78 Å². The van der Waals surface area contributed by atoms with Crippen molar-refractivity contribution >= 4 is 5.97 Å². The first kappa shape index (κ1) is 10.8. The lowest BCUT2D eigenvalue weighted by molar-refractivity contribution is 0.0689. The van der Waals surface area contributed by atoms with Crippen molar-refractivity contribution in [1.29, 1.82) is 0 Å². The molecule has 0 amide bonds. The molecule has 1 aromatic heterocycles. The van der Waals surface area contributed by atoms with E-state index in [1.807, 2.05) is 20.8 Å². The summed E-state index contributed by atoms with van der Waals surface area (Å²) in [5.74, 6) is 0.375. The van der Waals surface area contributed by atoms with Gasteiger partial charge in [0.15, 0.2) is 11.6 Å². The van der Waals surface area contributed by atoms with Crippen LogP contribution in [0.3, 0.4) is 0 Å². The predicted molar refractivity (Wildman–Crippen MR) is 51.5 cm³/mol. The molecule has 0 saturated carbocycles. The number of nitrogens with zero attached hydrogens (tertiary/aromatic N) is 1. The number of aromatic nitrogens is 1. The van der Waals surface area contributed by atoms with Gasteiger partial charge in [0.25, 0.3) is 0 Å². The summed E-state index contributed by atoms with van der Waals surface area (Å²) in [6, 6.07) is 0. The minimum atomic E-state index is -1.03. The summed E-state index contributed by atoms with van der Waals surface area (Å²) in [5.41, 5.74) is 0.0208. The number of hydrogen-bond acceptors (Lipinski definition) is 3. The molecule has 1 rings (SSSR count). The van der Waals surface area contributed by atoms with Gasteiger partial charge in [0.2, 0.25) is 0 Å². The highest BCUT2D eigenvalue weighted by Crippen LogP contribution is 2.24. The van der Waals surface area contributed by atoms with Crippen molar-refractivity contribution in [3.8, 4) is 0 Å². The van der Waals surface area contributed by atoms with Gasteiger partial charge in [0.1, 0.15) is 5.76 Å². The third-order valence-electron chi connectivity index (χ3n) is 2.41. The first-order valence-corrected chi connectivity index (χ1v) is 4.64. The van der Waals surface area contributed by atoms with Gasteiger partial charge < -0.3 is 9.52 Å². The van der Waals surface area contributed by atoms with Crippen LogP contribution in [0.1, 0.15) is 48.8 Å². The van der Waals surface area contributed by atoms with Crippen LogP contribution in [0, 0.1) is 12.8 Å². The van der Waals surface area contributed by atoms with Gasteiger partial charge in [-0.1, -0.05) is 20.8 Å². The predicted octanol–water partition coefficient (Wildman–Crippen LogP) is 2.44. The number of aromatic carboxylic acids is 1. The van der Waals surface area contributed by atoms with Crippen LogP contribution in [0.2, 0.25) is 0 Å². The van der Waals surface area contributed by atoms with Crippen molar-refractivity contribution < 1.29 is 14.3 Å². The number of carboxylic acid groups (broad SMARTS) is 1. The third kappa shape index (κ3) is 1.95. The Kier molecular flexibility index (Phi) is 2.93. The van der Waals surface area contributed by atoms with Crippen LogP contribution in [0.4, 0.5) is 0 Å². The van der Waals surface area contributed by atoms with E-state index in [0.717, 1.165) is 0 Å². The van der Waals surface area contributed by atoms with E-state index in [1.54, 1.807) is 6.92 Å². The molecule has 0 fully saturated rings. The van der Waals surface area contributed by atoms with Gasteiger partial charge in [0.05, 0.1) is 0 Å². The third-order valence-corrected chi connectivity index (χ3v) is 2.41. The van der Waals surface area contributed by atoms with Gasteiger partial charge >= 0.3 is 5.97 Å². The van der Waals surface area contributed by atoms with Crippen molar-refractivity contribution in [1.82, 2.24) is 4.98 Å². The lowest BCUT2D eigenvalue weighted by Crippen LogP contribution is -2.04. The smallest absolute Gasteiger partial charge is 0.358 e. The maximum absolute atomic E-state index is 10.7. The standard InChI is InChI=1S/C10H15NO3/c1-5(2)6(3)9-11-8(10(12)13)7(4)14-9/h5-6H,1-4H3,(H,12,13). The molecule has 1 atom stereocenters. The molecule has 1 heterocycles. The number of carboxylic acids is 1. The van der Waals surface area contributed by atoms with E-state index in [9.17, 15) is 4.79 Å². The molecule has 0 radical (unpaired) electrons. The quantitative estimate of drug-likeness (QED) is 0.808. The zero-order valence-electron chi connectivity index (χ0n) is 8.87. The average Bonchev–Trinajstić information content (AvgIpc) is 2.45. The fraction of sp³-hybridized carbons (Fsp3) is 0.600. The highest BCUT2D eigenvalue weighted by Gasteiger charge is 2.21. The van der Waals surface area contributed by atoms with E-state index < -0.39 is 5.97 Å². The summed E-state index contributed by atoms with van der Waals surface area (Å²) >= 11 is 0. The highest BCUT2D eigenvalue weighted by molar-refractivity contribution is 5.86. The summed E-state index contributed by atoms with van der Waals surface area (Å²) in [4.78, 5) is 14.7. The number of hydrogen-bond donors (Lipinski definition) is 1. The normalized spacial score (nSPS) is 13.2. The lowest BCUT2D eigenvalue weighted by Gasteiger charge is -2.09. The van der Waals surface area contributed by atoms with Gasteiger partial charge in [-0.2, -0.15) is 0 Å². The maximum atomic E-state index is 10.7. The topological polar surface area (TPSA) is 63.3 Å². The summed E-state index contributed by atoms with van der Waals surface area (Å²) in [6.07, 6.45) is 0. The summed E-state index contributed by atoms with van der Waals surface area (Å²) in [6.45, 7) is 7.68. The molecule has 4 nitrogen and oxygen atoms in total. The minimum absolute atomic E-state index is 0.0208. The number of rotatable bonds is 3. The molecule has 0 aliphatic carbocycles. The second kappa shape index (κ2) is 3.82. The Labute approximate surface area is 83.0 Å². The van der Waals surface area contributed by atoms with E-state index >= 15 is 0 Å². The van der Waals surface area contributed by atoms with Crippen molar-refractivity contribution in [3.63, 3.8) is 0 Å². The number of aryl methyl sites for hydroxylation is 1. The summed E-state index contributed by atoms with van der Waals surface area (Å²) in [5, 5.41) is 8.78. The molecule has 0 saturated heterocycles. The molecule has 0 aliphatic heterocycles. The minimum Gasteiger partial charge on any atom is -0.476 e. The second-order valence-electron chi connectivity index (χ2n) is 3.79. The highest BCUT2D eigenvalue weighted by atomic mass is 16.4. The Morgan fingerprint density at radius 2 is 2.00 bits per heavy atom. The maximum Gasteiger partial charge on any atom is 0.358 e. The van der Waals surface area contributed by atoms with Crippen molar-refractivity contribution in [2.45, 2.75) is 33.6 Å². The van der Waals surface area contributed by atoms with Crippen LogP contribution in [0.25, 0.3) is 0 Å². The van der Waals surface area contributed by atoms with E-state index in [4.69, 9.17) is 9.52 Å². The summed E-state index contributed by atoms with van der Waals surface area (Å²) < 4.78 is 5.31. The zero-order valence-corrected chi connectivity index (χ0v) is 8.87. The molecule has 4 heteroatoms. The van der Waals surface area contributed by atoms with Gasteiger partial charge in [0, 0.05) is 5.92 Å². The van der Waals surface area contributed by atoms with Crippen LogP contribution in [-0.2, 0) is 0 Å². The van der Waals surface area contributed by atoms with Gasteiger partial charge in [-0.15, -0.1) is 0 Å². The molecule has 0 bridgehead atoms. The second-order valence-corrected chi connectivity index (χ2v) is 3.79. The average molecular weight is 197 g/mol. The molecule has 0 spiro atoms. The number of oxazole rings is 1. The van der Waals surface area contributed by atoms with Crippen molar-refractivity contribution in [2.75, 3.05) is 0 Å². The Morgan fingerprint density at radius 3 is 2.36 bits per heavy atom. The molecule has 0 aliphatic rings. The fourth-order valence-corrected chi connectivity index (χ4v) is 1.10. The van der Waals surface area contributed by atoms with Crippen molar-refractivity contribution in [3.05, 3.63) is 17.3 Å². The Balaban J connectivity index is 3.02. The molecule has 1 aromatic rings. The summed E-state index contributed by atoms with van der Waals surface area (Å²) in [7, 11) is 0. The van der Waals surface area contributed by atoms with Crippen LogP contribution in [0.5, 0.6) is 0 Å². The molecule has 1 unspecified atom stereocenters. The van der Waals surface area contributed by atoms with E-state index in [1.165, 1.54) is 0 Å². The van der Waals surface area contributed by atoms with Crippen LogP contribution >= 0.6 is 0 Å².